The highest BCUT2D eigenvalue weighted by Crippen LogP contribution is 2.15. The van der Waals surface area contributed by atoms with Gasteiger partial charge in [-0.3, -0.25) is 4.98 Å². The Kier molecular flexibility index (Phi) is 5.12. The summed E-state index contributed by atoms with van der Waals surface area (Å²) in [5.41, 5.74) is 1.13. The molecule has 0 saturated carbocycles. The van der Waals surface area contributed by atoms with Crippen LogP contribution in [0.25, 0.3) is 10.8 Å². The topological polar surface area (TPSA) is 37.0 Å². The molecule has 0 saturated heterocycles. The first-order valence-electron chi connectivity index (χ1n) is 6.66. The largest absolute Gasteiger partial charge is 0.315 e. The van der Waals surface area contributed by atoms with Gasteiger partial charge in [-0.05, 0) is 24.4 Å². The molecule has 96 valence electrons. The molecule has 0 bridgehead atoms. The van der Waals surface area contributed by atoms with E-state index in [0.717, 1.165) is 31.9 Å². The fourth-order valence-corrected chi connectivity index (χ4v) is 2.01. The zero-order valence-corrected chi connectivity index (χ0v) is 10.9. The fraction of sp³-hybridized carbons (Fsp3) is 0.400. The second-order valence-electron chi connectivity index (χ2n) is 4.41. The van der Waals surface area contributed by atoms with Crippen LogP contribution in [0.1, 0.15) is 19.0 Å². The second kappa shape index (κ2) is 7.09. The Balaban J connectivity index is 1.88. The first kappa shape index (κ1) is 13.0. The Bertz CT molecular complexity index is 477. The SMILES string of the molecule is CCCNCCNCc1nccc2ccccc12. The van der Waals surface area contributed by atoms with E-state index in [1.807, 2.05) is 6.20 Å². The monoisotopic (exact) mass is 243 g/mol. The predicted molar refractivity (Wildman–Crippen MR) is 76.6 cm³/mol. The number of fused-ring (bicyclic) bond motifs is 1. The lowest BCUT2D eigenvalue weighted by atomic mass is 10.1. The van der Waals surface area contributed by atoms with Gasteiger partial charge in [0.05, 0.1) is 5.69 Å². The molecule has 2 aromatic rings. The highest BCUT2D eigenvalue weighted by molar-refractivity contribution is 5.84. The van der Waals surface area contributed by atoms with Gasteiger partial charge in [0.1, 0.15) is 0 Å². The normalized spacial score (nSPS) is 10.9. The van der Waals surface area contributed by atoms with Crippen LogP contribution in [-0.4, -0.2) is 24.6 Å². The molecule has 3 heteroatoms. The van der Waals surface area contributed by atoms with Crippen molar-refractivity contribution in [1.82, 2.24) is 15.6 Å². The van der Waals surface area contributed by atoms with Crippen molar-refractivity contribution >= 4 is 10.8 Å². The van der Waals surface area contributed by atoms with Crippen LogP contribution in [0, 0.1) is 0 Å². The summed E-state index contributed by atoms with van der Waals surface area (Å²) in [6, 6.07) is 10.4. The number of hydrogen-bond donors (Lipinski definition) is 2. The molecule has 18 heavy (non-hydrogen) atoms. The van der Waals surface area contributed by atoms with Crippen LogP contribution in [0.5, 0.6) is 0 Å². The van der Waals surface area contributed by atoms with Gasteiger partial charge in [-0.1, -0.05) is 31.2 Å². The molecule has 3 nitrogen and oxygen atoms in total. The molecule has 0 atom stereocenters. The van der Waals surface area contributed by atoms with Crippen molar-refractivity contribution in [3.05, 3.63) is 42.2 Å². The van der Waals surface area contributed by atoms with Crippen LogP contribution in [0.15, 0.2) is 36.5 Å². The molecule has 2 rings (SSSR count). The Morgan fingerprint density at radius 3 is 2.72 bits per heavy atom. The maximum atomic E-state index is 4.46. The van der Waals surface area contributed by atoms with E-state index in [0.29, 0.717) is 0 Å². The maximum Gasteiger partial charge on any atom is 0.0619 e. The van der Waals surface area contributed by atoms with Crippen molar-refractivity contribution in [2.75, 3.05) is 19.6 Å². The zero-order chi connectivity index (χ0) is 12.6. The van der Waals surface area contributed by atoms with E-state index in [9.17, 15) is 0 Å². The molecule has 2 N–H and O–H groups in total. The van der Waals surface area contributed by atoms with Crippen molar-refractivity contribution in [3.8, 4) is 0 Å². The Hall–Kier alpha value is -1.45. The van der Waals surface area contributed by atoms with Crippen molar-refractivity contribution in [1.29, 1.82) is 0 Å². The van der Waals surface area contributed by atoms with Crippen molar-refractivity contribution in [3.63, 3.8) is 0 Å². The third kappa shape index (κ3) is 3.52. The summed E-state index contributed by atoms with van der Waals surface area (Å²) in [5, 5.41) is 9.31. The molecular weight excluding hydrogens is 222 g/mol. The molecular formula is C15H21N3. The van der Waals surface area contributed by atoms with Crippen LogP contribution in [0.2, 0.25) is 0 Å². The Morgan fingerprint density at radius 1 is 1.00 bits per heavy atom. The summed E-state index contributed by atoms with van der Waals surface area (Å²) < 4.78 is 0. The van der Waals surface area contributed by atoms with E-state index in [-0.39, 0.29) is 0 Å². The van der Waals surface area contributed by atoms with Crippen LogP contribution < -0.4 is 10.6 Å². The molecule has 0 aliphatic heterocycles. The summed E-state index contributed by atoms with van der Waals surface area (Å²) in [6.45, 7) is 6.09. The first-order valence-corrected chi connectivity index (χ1v) is 6.66. The van der Waals surface area contributed by atoms with Crippen molar-refractivity contribution < 1.29 is 0 Å². The van der Waals surface area contributed by atoms with E-state index in [4.69, 9.17) is 0 Å². The summed E-state index contributed by atoms with van der Waals surface area (Å²) in [6.07, 6.45) is 3.07. The van der Waals surface area contributed by atoms with E-state index in [1.54, 1.807) is 0 Å². The molecule has 0 aliphatic rings. The van der Waals surface area contributed by atoms with Crippen LogP contribution >= 0.6 is 0 Å². The number of nitrogens with zero attached hydrogens (tertiary/aromatic N) is 1. The van der Waals surface area contributed by atoms with Crippen LogP contribution in [-0.2, 0) is 6.54 Å². The number of nitrogens with one attached hydrogen (secondary N) is 2. The lowest BCUT2D eigenvalue weighted by molar-refractivity contribution is 0.603. The highest BCUT2D eigenvalue weighted by atomic mass is 14.9. The van der Waals surface area contributed by atoms with Gasteiger partial charge in [0.15, 0.2) is 0 Å². The van der Waals surface area contributed by atoms with E-state index in [2.05, 4.69) is 52.9 Å². The zero-order valence-electron chi connectivity index (χ0n) is 10.9. The lowest BCUT2D eigenvalue weighted by Gasteiger charge is -2.07. The average molecular weight is 243 g/mol. The summed E-state index contributed by atoms with van der Waals surface area (Å²) in [4.78, 5) is 4.46. The molecule has 1 aromatic carbocycles. The number of pyridine rings is 1. The molecule has 1 aromatic heterocycles. The van der Waals surface area contributed by atoms with Gasteiger partial charge in [0, 0.05) is 31.2 Å². The first-order chi connectivity index (χ1) is 8.92. The smallest absolute Gasteiger partial charge is 0.0619 e. The molecule has 0 unspecified atom stereocenters. The quantitative estimate of drug-likeness (QED) is 0.733. The molecule has 0 radical (unpaired) electrons. The summed E-state index contributed by atoms with van der Waals surface area (Å²) >= 11 is 0. The van der Waals surface area contributed by atoms with Crippen molar-refractivity contribution in [2.45, 2.75) is 19.9 Å². The van der Waals surface area contributed by atoms with Gasteiger partial charge in [-0.25, -0.2) is 0 Å². The molecule has 1 heterocycles. The van der Waals surface area contributed by atoms with Gasteiger partial charge >= 0.3 is 0 Å². The third-order valence-electron chi connectivity index (χ3n) is 2.95. The van der Waals surface area contributed by atoms with Gasteiger partial charge in [0.25, 0.3) is 0 Å². The Morgan fingerprint density at radius 2 is 1.83 bits per heavy atom. The lowest BCUT2D eigenvalue weighted by Crippen LogP contribution is -2.27. The molecule has 0 amide bonds. The van der Waals surface area contributed by atoms with Gasteiger partial charge < -0.3 is 10.6 Å². The molecule has 0 aliphatic carbocycles. The Labute approximate surface area is 109 Å². The van der Waals surface area contributed by atoms with E-state index < -0.39 is 0 Å². The minimum absolute atomic E-state index is 0.829. The molecule has 0 fully saturated rings. The minimum atomic E-state index is 0.829. The number of hydrogen-bond acceptors (Lipinski definition) is 3. The average Bonchev–Trinajstić information content (AvgIpc) is 2.43. The second-order valence-corrected chi connectivity index (χ2v) is 4.41. The van der Waals surface area contributed by atoms with Gasteiger partial charge in [0.2, 0.25) is 0 Å². The standard InChI is InChI=1S/C15H21N3/c1-2-8-16-10-11-17-12-15-14-6-4-3-5-13(14)7-9-18-15/h3-7,9,16-17H,2,8,10-12H2,1H3. The highest BCUT2D eigenvalue weighted by Gasteiger charge is 2.00. The van der Waals surface area contributed by atoms with Gasteiger partial charge in [-0.2, -0.15) is 0 Å². The molecule has 0 spiro atoms. The fourth-order valence-electron chi connectivity index (χ4n) is 2.01. The van der Waals surface area contributed by atoms with Crippen LogP contribution in [0.3, 0.4) is 0 Å². The summed E-state index contributed by atoms with van der Waals surface area (Å²) in [7, 11) is 0. The predicted octanol–water partition coefficient (Wildman–Crippen LogP) is 2.32. The minimum Gasteiger partial charge on any atom is -0.315 e. The number of rotatable bonds is 7. The number of benzene rings is 1. The summed E-state index contributed by atoms with van der Waals surface area (Å²) in [5.74, 6) is 0. The van der Waals surface area contributed by atoms with Crippen molar-refractivity contribution in [2.24, 2.45) is 0 Å². The third-order valence-corrected chi connectivity index (χ3v) is 2.95. The number of aromatic nitrogens is 1. The maximum absolute atomic E-state index is 4.46. The van der Waals surface area contributed by atoms with E-state index in [1.165, 1.54) is 17.2 Å². The van der Waals surface area contributed by atoms with Gasteiger partial charge in [-0.15, -0.1) is 0 Å². The van der Waals surface area contributed by atoms with E-state index >= 15 is 0 Å². The van der Waals surface area contributed by atoms with Crippen LogP contribution in [0.4, 0.5) is 0 Å².